The highest BCUT2D eigenvalue weighted by molar-refractivity contribution is 5.96. The Morgan fingerprint density at radius 3 is 2.77 bits per heavy atom. The van der Waals surface area contributed by atoms with E-state index in [1.54, 1.807) is 23.7 Å². The van der Waals surface area contributed by atoms with Crippen molar-refractivity contribution in [3.05, 3.63) is 59.7 Å². The first-order chi connectivity index (χ1) is 10.8. The lowest BCUT2D eigenvalue weighted by molar-refractivity contribution is 0.0706. The molecule has 0 spiro atoms. The van der Waals surface area contributed by atoms with E-state index >= 15 is 0 Å². The number of aromatic nitrogens is 1. The van der Waals surface area contributed by atoms with Crippen LogP contribution in [0.25, 0.3) is 11.1 Å². The van der Waals surface area contributed by atoms with E-state index in [0.29, 0.717) is 29.2 Å². The Hall–Kier alpha value is -2.86. The summed E-state index contributed by atoms with van der Waals surface area (Å²) in [6.45, 7) is 0.695. The van der Waals surface area contributed by atoms with Gasteiger partial charge in [0.15, 0.2) is 5.58 Å². The van der Waals surface area contributed by atoms with Gasteiger partial charge in [-0.1, -0.05) is 30.3 Å². The number of benzene rings is 2. The molecule has 3 aromatic rings. The van der Waals surface area contributed by atoms with E-state index in [4.69, 9.17) is 9.62 Å². The topological polar surface area (TPSA) is 87.4 Å². The van der Waals surface area contributed by atoms with Crippen LogP contribution in [0.1, 0.15) is 15.9 Å². The molecule has 0 aliphatic heterocycles. The first-order valence-corrected chi connectivity index (χ1v) is 6.89. The van der Waals surface area contributed by atoms with Crippen LogP contribution in [-0.4, -0.2) is 22.6 Å². The molecule has 6 heteroatoms. The van der Waals surface area contributed by atoms with E-state index in [1.807, 2.05) is 18.2 Å². The highest BCUT2D eigenvalue weighted by Gasteiger charge is 2.09. The Balaban J connectivity index is 1.68. The van der Waals surface area contributed by atoms with Crippen molar-refractivity contribution in [2.75, 3.05) is 11.9 Å². The van der Waals surface area contributed by atoms with Gasteiger partial charge in [-0.3, -0.25) is 10.0 Å². The number of oxazole rings is 1. The molecule has 0 atom stereocenters. The minimum absolute atomic E-state index is 0.319. The van der Waals surface area contributed by atoms with Crippen LogP contribution in [0.2, 0.25) is 0 Å². The van der Waals surface area contributed by atoms with Crippen LogP contribution >= 0.6 is 0 Å². The monoisotopic (exact) mass is 297 g/mol. The molecule has 6 nitrogen and oxygen atoms in total. The number of carbonyl (C=O) groups excluding carboxylic acids is 1. The molecule has 0 radical (unpaired) electrons. The number of hydrogen-bond acceptors (Lipinski definition) is 5. The fourth-order valence-electron chi connectivity index (χ4n) is 2.17. The second-order valence-corrected chi connectivity index (χ2v) is 4.80. The molecule has 0 unspecified atom stereocenters. The van der Waals surface area contributed by atoms with E-state index in [9.17, 15) is 4.79 Å². The predicted molar refractivity (Wildman–Crippen MR) is 81.9 cm³/mol. The third kappa shape index (κ3) is 3.07. The van der Waals surface area contributed by atoms with Crippen LogP contribution in [0.5, 0.6) is 0 Å². The molecule has 3 N–H and O–H groups in total. The number of carbonyl (C=O) groups is 1. The van der Waals surface area contributed by atoms with Crippen LogP contribution in [0, 0.1) is 0 Å². The molecule has 0 fully saturated rings. The van der Waals surface area contributed by atoms with E-state index in [0.717, 1.165) is 6.42 Å². The number of hydrogen-bond donors (Lipinski definition) is 3. The van der Waals surface area contributed by atoms with Crippen LogP contribution in [0.4, 0.5) is 6.01 Å². The maximum Gasteiger partial charge on any atom is 0.295 e. The lowest BCUT2D eigenvalue weighted by Crippen LogP contribution is -2.18. The van der Waals surface area contributed by atoms with E-state index < -0.39 is 5.91 Å². The Morgan fingerprint density at radius 1 is 1.18 bits per heavy atom. The first kappa shape index (κ1) is 14.1. The SMILES string of the molecule is O=C(NO)c1ccc2oc(NCCc3ccccc3)nc2c1. The van der Waals surface area contributed by atoms with E-state index in [-0.39, 0.29) is 0 Å². The van der Waals surface area contributed by atoms with Gasteiger partial charge in [-0.05, 0) is 30.2 Å². The average Bonchev–Trinajstić information content (AvgIpc) is 2.97. The summed E-state index contributed by atoms with van der Waals surface area (Å²) >= 11 is 0. The molecular weight excluding hydrogens is 282 g/mol. The average molecular weight is 297 g/mol. The number of anilines is 1. The molecule has 0 bridgehead atoms. The lowest BCUT2D eigenvalue weighted by Gasteiger charge is -2.01. The second kappa shape index (κ2) is 6.28. The Labute approximate surface area is 126 Å². The van der Waals surface area contributed by atoms with Crippen molar-refractivity contribution in [2.45, 2.75) is 6.42 Å². The Morgan fingerprint density at radius 2 is 2.00 bits per heavy atom. The van der Waals surface area contributed by atoms with Gasteiger partial charge in [0.1, 0.15) is 5.52 Å². The third-order valence-corrected chi connectivity index (χ3v) is 3.28. The summed E-state index contributed by atoms with van der Waals surface area (Å²) in [5.74, 6) is -0.580. The third-order valence-electron chi connectivity index (χ3n) is 3.28. The zero-order valence-corrected chi connectivity index (χ0v) is 11.7. The quantitative estimate of drug-likeness (QED) is 0.498. The van der Waals surface area contributed by atoms with Crippen molar-refractivity contribution in [1.29, 1.82) is 0 Å². The lowest BCUT2D eigenvalue weighted by atomic mass is 10.1. The van der Waals surface area contributed by atoms with E-state index in [1.165, 1.54) is 5.56 Å². The molecule has 1 aromatic heterocycles. The maximum atomic E-state index is 11.4. The van der Waals surface area contributed by atoms with Gasteiger partial charge in [0.25, 0.3) is 11.9 Å². The van der Waals surface area contributed by atoms with Gasteiger partial charge in [0.2, 0.25) is 0 Å². The Kier molecular flexibility index (Phi) is 4.02. The summed E-state index contributed by atoms with van der Waals surface area (Å²) in [7, 11) is 0. The zero-order valence-electron chi connectivity index (χ0n) is 11.7. The molecule has 112 valence electrons. The number of hydroxylamine groups is 1. The summed E-state index contributed by atoms with van der Waals surface area (Å²) < 4.78 is 5.56. The molecule has 1 heterocycles. The van der Waals surface area contributed by atoms with Crippen LogP contribution in [-0.2, 0) is 6.42 Å². The van der Waals surface area contributed by atoms with E-state index in [2.05, 4.69) is 22.4 Å². The van der Waals surface area contributed by atoms with Crippen molar-refractivity contribution in [1.82, 2.24) is 10.5 Å². The largest absolute Gasteiger partial charge is 0.424 e. The summed E-state index contributed by atoms with van der Waals surface area (Å²) in [4.78, 5) is 15.6. The Bertz CT molecular complexity index is 784. The molecular formula is C16H15N3O3. The van der Waals surface area contributed by atoms with Crippen LogP contribution < -0.4 is 10.8 Å². The smallest absolute Gasteiger partial charge is 0.295 e. The molecule has 0 saturated carbocycles. The van der Waals surface area contributed by atoms with Crippen molar-refractivity contribution < 1.29 is 14.4 Å². The van der Waals surface area contributed by atoms with Crippen LogP contribution in [0.15, 0.2) is 52.9 Å². The maximum absolute atomic E-state index is 11.4. The van der Waals surface area contributed by atoms with Gasteiger partial charge >= 0.3 is 0 Å². The molecule has 2 aromatic carbocycles. The summed E-state index contributed by atoms with van der Waals surface area (Å²) in [6.07, 6.45) is 0.859. The molecule has 3 rings (SSSR count). The van der Waals surface area contributed by atoms with Gasteiger partial charge in [-0.15, -0.1) is 0 Å². The van der Waals surface area contributed by atoms with Crippen molar-refractivity contribution in [3.63, 3.8) is 0 Å². The van der Waals surface area contributed by atoms with Crippen molar-refractivity contribution in [2.24, 2.45) is 0 Å². The highest BCUT2D eigenvalue weighted by atomic mass is 16.5. The minimum Gasteiger partial charge on any atom is -0.424 e. The molecule has 22 heavy (non-hydrogen) atoms. The normalized spacial score (nSPS) is 10.6. The number of nitrogens with zero attached hydrogens (tertiary/aromatic N) is 1. The zero-order chi connectivity index (χ0) is 15.4. The number of nitrogens with one attached hydrogen (secondary N) is 2. The molecule has 1 amide bonds. The second-order valence-electron chi connectivity index (χ2n) is 4.80. The predicted octanol–water partition coefficient (Wildman–Crippen LogP) is 2.60. The first-order valence-electron chi connectivity index (χ1n) is 6.89. The fraction of sp³-hybridized carbons (Fsp3) is 0.125. The van der Waals surface area contributed by atoms with Gasteiger partial charge in [-0.25, -0.2) is 5.48 Å². The van der Waals surface area contributed by atoms with Crippen molar-refractivity contribution in [3.8, 4) is 0 Å². The number of amides is 1. The molecule has 0 aliphatic rings. The van der Waals surface area contributed by atoms with Crippen LogP contribution in [0.3, 0.4) is 0 Å². The standard InChI is InChI=1S/C16H15N3O3/c20-15(19-21)12-6-7-14-13(10-12)18-16(22-14)17-9-8-11-4-2-1-3-5-11/h1-7,10,21H,8-9H2,(H,17,18)(H,19,20). The van der Waals surface area contributed by atoms with Gasteiger partial charge < -0.3 is 9.73 Å². The summed E-state index contributed by atoms with van der Waals surface area (Å²) in [5.41, 5.74) is 4.28. The summed E-state index contributed by atoms with van der Waals surface area (Å²) in [6, 6.07) is 15.3. The fourth-order valence-corrected chi connectivity index (χ4v) is 2.17. The van der Waals surface area contributed by atoms with Gasteiger partial charge in [0.05, 0.1) is 0 Å². The molecule has 0 aliphatic carbocycles. The number of rotatable bonds is 5. The highest BCUT2D eigenvalue weighted by Crippen LogP contribution is 2.20. The van der Waals surface area contributed by atoms with Crippen molar-refractivity contribution >= 4 is 23.0 Å². The minimum atomic E-state index is -0.580. The van der Waals surface area contributed by atoms with Gasteiger partial charge in [0, 0.05) is 12.1 Å². The number of fused-ring (bicyclic) bond motifs is 1. The molecule has 0 saturated heterocycles. The van der Waals surface area contributed by atoms with Gasteiger partial charge in [-0.2, -0.15) is 4.98 Å². The summed E-state index contributed by atoms with van der Waals surface area (Å²) in [5, 5.41) is 11.8.